The number of hydrogen-bond donors (Lipinski definition) is 2. The minimum absolute atomic E-state index is 0.248. The lowest BCUT2D eigenvalue weighted by Crippen LogP contribution is -1.89. The average Bonchev–Trinajstić information content (AvgIpc) is 2.30. The smallest absolute Gasteiger partial charge is 0.224 e. The Morgan fingerprint density at radius 3 is 2.25 bits per heavy atom. The standard InChI is InChI=1S/C8H13NO2S/c1-4(2)6-8(12)9-7(11-6)5(3)10/h4-5,10,12H,1-3H3. The molecule has 0 aliphatic rings. The van der Waals surface area contributed by atoms with Crippen molar-refractivity contribution in [1.82, 2.24) is 4.98 Å². The molecule has 3 nitrogen and oxygen atoms in total. The lowest BCUT2D eigenvalue weighted by atomic mass is 10.2. The summed E-state index contributed by atoms with van der Waals surface area (Å²) in [6, 6.07) is 0. The molecule has 0 saturated heterocycles. The van der Waals surface area contributed by atoms with E-state index >= 15 is 0 Å². The lowest BCUT2D eigenvalue weighted by molar-refractivity contribution is 0.160. The van der Waals surface area contributed by atoms with Crippen LogP contribution < -0.4 is 0 Å². The summed E-state index contributed by atoms with van der Waals surface area (Å²) >= 11 is 4.14. The second kappa shape index (κ2) is 3.49. The van der Waals surface area contributed by atoms with E-state index in [4.69, 9.17) is 9.52 Å². The van der Waals surface area contributed by atoms with Crippen LogP contribution >= 0.6 is 12.6 Å². The Labute approximate surface area is 77.2 Å². The maximum atomic E-state index is 9.15. The fraction of sp³-hybridized carbons (Fsp3) is 0.625. The first-order valence-corrected chi connectivity index (χ1v) is 4.34. The molecular weight excluding hydrogens is 174 g/mol. The Hall–Kier alpha value is -0.480. The van der Waals surface area contributed by atoms with Gasteiger partial charge < -0.3 is 9.52 Å². The molecule has 0 aromatic carbocycles. The summed E-state index contributed by atoms with van der Waals surface area (Å²) in [5.74, 6) is 1.32. The van der Waals surface area contributed by atoms with Crippen molar-refractivity contribution >= 4 is 12.6 Å². The summed E-state index contributed by atoms with van der Waals surface area (Å²) in [5.41, 5.74) is 0. The van der Waals surface area contributed by atoms with Crippen LogP contribution in [0.2, 0.25) is 0 Å². The van der Waals surface area contributed by atoms with Crippen LogP contribution in [0.1, 0.15) is 44.4 Å². The number of aliphatic hydroxyl groups excluding tert-OH is 1. The molecule has 0 spiro atoms. The molecule has 0 amide bonds. The van der Waals surface area contributed by atoms with Crippen LogP contribution in [0.15, 0.2) is 9.44 Å². The normalized spacial score (nSPS) is 13.8. The Morgan fingerprint density at radius 1 is 1.42 bits per heavy atom. The highest BCUT2D eigenvalue weighted by molar-refractivity contribution is 7.80. The molecule has 0 saturated carbocycles. The second-order valence-corrected chi connectivity index (χ2v) is 3.49. The number of aliphatic hydroxyl groups is 1. The Kier molecular flexibility index (Phi) is 2.80. The summed E-state index contributed by atoms with van der Waals surface area (Å²) in [4.78, 5) is 3.98. The van der Waals surface area contributed by atoms with Gasteiger partial charge in [0.25, 0.3) is 0 Å². The second-order valence-electron chi connectivity index (χ2n) is 3.07. The minimum atomic E-state index is -0.664. The third-order valence-corrected chi connectivity index (χ3v) is 1.85. The Bertz CT molecular complexity index is 268. The molecular formula is C8H13NO2S. The minimum Gasteiger partial charge on any atom is -0.441 e. The molecule has 0 radical (unpaired) electrons. The van der Waals surface area contributed by atoms with Crippen LogP contribution in [0.3, 0.4) is 0 Å². The van der Waals surface area contributed by atoms with Gasteiger partial charge in [-0.05, 0) is 6.92 Å². The van der Waals surface area contributed by atoms with Crippen molar-refractivity contribution in [3.8, 4) is 0 Å². The van der Waals surface area contributed by atoms with Crippen molar-refractivity contribution in [2.75, 3.05) is 0 Å². The van der Waals surface area contributed by atoms with Gasteiger partial charge in [-0.25, -0.2) is 4.98 Å². The third kappa shape index (κ3) is 1.81. The van der Waals surface area contributed by atoms with Gasteiger partial charge in [-0.2, -0.15) is 0 Å². The maximum absolute atomic E-state index is 9.15. The van der Waals surface area contributed by atoms with Crippen molar-refractivity contribution in [3.63, 3.8) is 0 Å². The zero-order chi connectivity index (χ0) is 9.30. The third-order valence-electron chi connectivity index (χ3n) is 1.53. The molecule has 68 valence electrons. The molecule has 1 aromatic heterocycles. The molecule has 1 rings (SSSR count). The van der Waals surface area contributed by atoms with Crippen LogP contribution in [-0.4, -0.2) is 10.1 Å². The summed E-state index contributed by atoms with van der Waals surface area (Å²) in [5, 5.41) is 9.72. The summed E-state index contributed by atoms with van der Waals surface area (Å²) < 4.78 is 5.30. The summed E-state index contributed by atoms with van der Waals surface area (Å²) in [6.07, 6.45) is -0.664. The molecule has 0 bridgehead atoms. The highest BCUT2D eigenvalue weighted by Crippen LogP contribution is 2.25. The molecule has 0 aliphatic carbocycles. The Balaban J connectivity index is 3.00. The maximum Gasteiger partial charge on any atom is 0.224 e. The van der Waals surface area contributed by atoms with Gasteiger partial charge in [0.15, 0.2) is 0 Å². The first-order chi connectivity index (χ1) is 5.52. The molecule has 0 aliphatic heterocycles. The van der Waals surface area contributed by atoms with Gasteiger partial charge in [-0.1, -0.05) is 13.8 Å². The molecule has 1 heterocycles. The van der Waals surface area contributed by atoms with Crippen LogP contribution in [0, 0.1) is 0 Å². The summed E-state index contributed by atoms with van der Waals surface area (Å²) in [7, 11) is 0. The first-order valence-electron chi connectivity index (χ1n) is 3.90. The molecule has 4 heteroatoms. The SMILES string of the molecule is CC(C)c1oc(C(C)O)nc1S. The molecule has 0 fully saturated rings. The average molecular weight is 187 g/mol. The molecule has 12 heavy (non-hydrogen) atoms. The highest BCUT2D eigenvalue weighted by Gasteiger charge is 2.15. The van der Waals surface area contributed by atoms with E-state index in [-0.39, 0.29) is 5.92 Å². The molecule has 1 aromatic rings. The van der Waals surface area contributed by atoms with E-state index in [0.29, 0.717) is 10.9 Å². The van der Waals surface area contributed by atoms with Gasteiger partial charge in [0.1, 0.15) is 16.9 Å². The van der Waals surface area contributed by atoms with E-state index < -0.39 is 6.10 Å². The van der Waals surface area contributed by atoms with Gasteiger partial charge >= 0.3 is 0 Å². The van der Waals surface area contributed by atoms with Crippen LogP contribution in [0.4, 0.5) is 0 Å². The number of rotatable bonds is 2. The predicted molar refractivity (Wildman–Crippen MR) is 48.5 cm³/mol. The van der Waals surface area contributed by atoms with Gasteiger partial charge in [-0.15, -0.1) is 12.6 Å². The molecule has 1 unspecified atom stereocenters. The van der Waals surface area contributed by atoms with E-state index in [0.717, 1.165) is 5.76 Å². The van der Waals surface area contributed by atoms with Gasteiger partial charge in [0, 0.05) is 5.92 Å². The van der Waals surface area contributed by atoms with Crippen LogP contribution in [0.25, 0.3) is 0 Å². The quantitative estimate of drug-likeness (QED) is 0.697. The number of thiol groups is 1. The van der Waals surface area contributed by atoms with Crippen molar-refractivity contribution in [2.24, 2.45) is 0 Å². The van der Waals surface area contributed by atoms with E-state index in [9.17, 15) is 0 Å². The fourth-order valence-corrected chi connectivity index (χ4v) is 1.30. The van der Waals surface area contributed by atoms with Gasteiger partial charge in [0.2, 0.25) is 5.89 Å². The van der Waals surface area contributed by atoms with Gasteiger partial charge in [-0.3, -0.25) is 0 Å². The van der Waals surface area contributed by atoms with E-state index in [1.54, 1.807) is 6.92 Å². The Morgan fingerprint density at radius 2 is 2.00 bits per heavy atom. The van der Waals surface area contributed by atoms with Crippen molar-refractivity contribution < 1.29 is 9.52 Å². The summed E-state index contributed by atoms with van der Waals surface area (Å²) in [6.45, 7) is 5.60. The van der Waals surface area contributed by atoms with E-state index in [1.807, 2.05) is 13.8 Å². The fourth-order valence-electron chi connectivity index (χ4n) is 0.895. The molecule has 1 N–H and O–H groups in total. The van der Waals surface area contributed by atoms with Crippen molar-refractivity contribution in [2.45, 2.75) is 37.8 Å². The predicted octanol–water partition coefficient (Wildman–Crippen LogP) is 2.14. The lowest BCUT2D eigenvalue weighted by Gasteiger charge is -1.99. The van der Waals surface area contributed by atoms with Crippen molar-refractivity contribution in [3.05, 3.63) is 11.7 Å². The first kappa shape index (κ1) is 9.61. The highest BCUT2D eigenvalue weighted by atomic mass is 32.1. The number of nitrogens with zero attached hydrogens (tertiary/aromatic N) is 1. The van der Waals surface area contributed by atoms with Crippen LogP contribution in [-0.2, 0) is 0 Å². The number of oxazole rings is 1. The van der Waals surface area contributed by atoms with Gasteiger partial charge in [0.05, 0.1) is 0 Å². The number of aromatic nitrogens is 1. The number of hydrogen-bond acceptors (Lipinski definition) is 4. The van der Waals surface area contributed by atoms with Crippen LogP contribution in [0.5, 0.6) is 0 Å². The zero-order valence-electron chi connectivity index (χ0n) is 7.40. The molecule has 1 atom stereocenters. The van der Waals surface area contributed by atoms with E-state index in [1.165, 1.54) is 0 Å². The van der Waals surface area contributed by atoms with E-state index in [2.05, 4.69) is 17.6 Å². The van der Waals surface area contributed by atoms with Crippen molar-refractivity contribution in [1.29, 1.82) is 0 Å². The monoisotopic (exact) mass is 187 g/mol. The topological polar surface area (TPSA) is 46.3 Å². The largest absolute Gasteiger partial charge is 0.441 e. The zero-order valence-corrected chi connectivity index (χ0v) is 8.30.